The first-order chi connectivity index (χ1) is 20.9. The molecule has 246 valence electrons. The molecule has 4 saturated carbocycles. The number of rotatable bonds is 11. The first-order valence-corrected chi connectivity index (χ1v) is 17.8. The van der Waals surface area contributed by atoms with E-state index in [4.69, 9.17) is 14.2 Å². The number of ether oxygens (including phenoxy) is 3. The van der Waals surface area contributed by atoms with Gasteiger partial charge in [-0.2, -0.15) is 21.6 Å². The van der Waals surface area contributed by atoms with Crippen LogP contribution < -0.4 is 9.46 Å². The van der Waals surface area contributed by atoms with E-state index in [-0.39, 0.29) is 45.7 Å². The smallest absolute Gasteiger partial charge is 0.416 e. The van der Waals surface area contributed by atoms with Crippen molar-refractivity contribution in [3.05, 3.63) is 51.6 Å². The Labute approximate surface area is 271 Å². The summed E-state index contributed by atoms with van der Waals surface area (Å²) in [6.45, 7) is -0.555. The number of hydrogen-bond donors (Lipinski definition) is 2. The second kappa shape index (κ2) is 12.3. The van der Waals surface area contributed by atoms with Gasteiger partial charge in [-0.25, -0.2) is 17.9 Å². The first-order valence-electron chi connectivity index (χ1n) is 13.8. The number of nitrogens with one attached hydrogen (secondary N) is 1. The molecule has 45 heavy (non-hydrogen) atoms. The van der Waals surface area contributed by atoms with Crippen molar-refractivity contribution in [2.75, 3.05) is 19.8 Å². The summed E-state index contributed by atoms with van der Waals surface area (Å²) in [4.78, 5) is 25.0. The lowest BCUT2D eigenvalue weighted by molar-refractivity contribution is -0.200. The molecule has 1 amide bonds. The van der Waals surface area contributed by atoms with Crippen molar-refractivity contribution in [1.29, 1.82) is 0 Å². The monoisotopic (exact) mass is 787 g/mol. The van der Waals surface area contributed by atoms with Crippen molar-refractivity contribution in [3.63, 3.8) is 0 Å². The molecule has 2 atom stereocenters. The lowest BCUT2D eigenvalue weighted by atomic mass is 9.47. The summed E-state index contributed by atoms with van der Waals surface area (Å²) in [6.07, 6.45) is -1.22. The van der Waals surface area contributed by atoms with Crippen molar-refractivity contribution in [1.82, 2.24) is 4.72 Å². The minimum Gasteiger partial charge on any atom is -0.482 e. The maximum Gasteiger partial charge on any atom is 0.416 e. The molecule has 0 saturated heterocycles. The van der Waals surface area contributed by atoms with Crippen LogP contribution in [0.3, 0.4) is 0 Å². The Bertz CT molecular complexity index is 1680. The number of amides is 1. The number of alkyl halides is 3. The van der Waals surface area contributed by atoms with E-state index in [2.05, 4.69) is 4.72 Å². The van der Waals surface area contributed by atoms with Crippen LogP contribution in [0.15, 0.2) is 52.3 Å². The van der Waals surface area contributed by atoms with Crippen LogP contribution in [0.1, 0.15) is 44.1 Å². The normalized spacial score (nSPS) is 26.0. The van der Waals surface area contributed by atoms with E-state index in [0.717, 1.165) is 24.6 Å². The summed E-state index contributed by atoms with van der Waals surface area (Å²) in [5, 5.41) is 0. The maximum absolute atomic E-state index is 13.5. The standard InChI is InChI=1S/C28H29F3INO10S2/c29-28(30,31)19-1-4-21(5-2-19)44(36,37)33-25(35)26-11-17-9-18(12-26)14-27(13-17,16-26)43-8-7-41-24(34)15-42-20-3-6-23(22(32)10-20)45(38,39)40/h1-6,10,17-18H,7-9,11-16H2,(H,33,35)(H,38,39,40). The summed E-state index contributed by atoms with van der Waals surface area (Å²) < 4.78 is 115. The third kappa shape index (κ3) is 7.58. The van der Waals surface area contributed by atoms with E-state index >= 15 is 0 Å². The van der Waals surface area contributed by atoms with Gasteiger partial charge in [0.05, 0.1) is 28.1 Å². The summed E-state index contributed by atoms with van der Waals surface area (Å²) in [5.41, 5.74) is -2.74. The molecule has 4 fully saturated rings. The van der Waals surface area contributed by atoms with Crippen LogP contribution >= 0.6 is 22.6 Å². The van der Waals surface area contributed by atoms with Gasteiger partial charge in [0.2, 0.25) is 5.91 Å². The molecule has 17 heteroatoms. The molecule has 0 aliphatic heterocycles. The highest BCUT2D eigenvalue weighted by Crippen LogP contribution is 2.63. The second-order valence-corrected chi connectivity index (χ2v) is 16.0. The van der Waals surface area contributed by atoms with Crippen LogP contribution in [0.2, 0.25) is 0 Å². The Morgan fingerprint density at radius 1 is 0.978 bits per heavy atom. The van der Waals surface area contributed by atoms with Crippen molar-refractivity contribution < 1.29 is 58.4 Å². The van der Waals surface area contributed by atoms with Crippen molar-refractivity contribution >= 4 is 54.6 Å². The van der Waals surface area contributed by atoms with Gasteiger partial charge in [0.25, 0.3) is 20.1 Å². The number of halogens is 4. The zero-order valence-electron chi connectivity index (χ0n) is 23.5. The predicted octanol–water partition coefficient (Wildman–Crippen LogP) is 4.34. The van der Waals surface area contributed by atoms with Crippen molar-refractivity contribution in [2.24, 2.45) is 17.3 Å². The highest BCUT2D eigenvalue weighted by atomic mass is 127. The van der Waals surface area contributed by atoms with Gasteiger partial charge in [0.1, 0.15) is 17.3 Å². The Balaban J connectivity index is 1.15. The Kier molecular flexibility index (Phi) is 9.24. The molecular weight excluding hydrogens is 758 g/mol. The summed E-state index contributed by atoms with van der Waals surface area (Å²) in [6, 6.07) is 6.70. The van der Waals surface area contributed by atoms with Crippen LogP contribution in [0, 0.1) is 20.8 Å². The number of hydrogen-bond acceptors (Lipinski definition) is 9. The molecule has 2 aromatic rings. The fourth-order valence-corrected chi connectivity index (χ4v) is 10.0. The Hall–Kier alpha value is -2.48. The van der Waals surface area contributed by atoms with E-state index in [1.54, 1.807) is 22.6 Å². The topological polar surface area (TPSA) is 162 Å². The van der Waals surface area contributed by atoms with E-state index in [9.17, 15) is 44.1 Å². The average molecular weight is 788 g/mol. The minimum atomic E-state index is -4.63. The third-order valence-electron chi connectivity index (χ3n) is 8.50. The van der Waals surface area contributed by atoms with Crippen LogP contribution in [0.5, 0.6) is 5.75 Å². The number of carbonyl (C=O) groups excluding carboxylic acids is 2. The lowest BCUT2D eigenvalue weighted by Gasteiger charge is -2.60. The average Bonchev–Trinajstić information content (AvgIpc) is 2.92. The van der Waals surface area contributed by atoms with E-state index < -0.39 is 66.3 Å². The summed E-state index contributed by atoms with van der Waals surface area (Å²) in [7, 11) is -8.81. The highest BCUT2D eigenvalue weighted by molar-refractivity contribution is 14.1. The van der Waals surface area contributed by atoms with Crippen molar-refractivity contribution in [3.8, 4) is 5.75 Å². The fourth-order valence-electron chi connectivity index (χ4n) is 7.10. The lowest BCUT2D eigenvalue weighted by Crippen LogP contribution is -2.61. The van der Waals surface area contributed by atoms with Crippen LogP contribution in [0.4, 0.5) is 13.2 Å². The molecule has 0 heterocycles. The molecule has 4 aliphatic rings. The molecule has 4 bridgehead atoms. The minimum absolute atomic E-state index is 0.0215. The van der Waals surface area contributed by atoms with Gasteiger partial charge < -0.3 is 14.2 Å². The van der Waals surface area contributed by atoms with E-state index in [1.807, 2.05) is 0 Å². The fraction of sp³-hybridized carbons (Fsp3) is 0.500. The quantitative estimate of drug-likeness (QED) is 0.145. The van der Waals surface area contributed by atoms with E-state index in [1.165, 1.54) is 12.1 Å². The van der Waals surface area contributed by atoms with Gasteiger partial charge in [-0.1, -0.05) is 0 Å². The van der Waals surface area contributed by atoms with Gasteiger partial charge in [0.15, 0.2) is 6.61 Å². The number of esters is 1. The summed E-state index contributed by atoms with van der Waals surface area (Å²) in [5.74, 6) is -0.972. The molecular formula is C28H29F3INO10S2. The van der Waals surface area contributed by atoms with Crippen LogP contribution in [0.25, 0.3) is 0 Å². The second-order valence-electron chi connectivity index (χ2n) is 11.8. The molecule has 11 nitrogen and oxygen atoms in total. The molecule has 0 radical (unpaired) electrons. The van der Waals surface area contributed by atoms with Crippen molar-refractivity contribution in [2.45, 2.75) is 60.1 Å². The van der Waals surface area contributed by atoms with Crippen LogP contribution in [-0.2, 0) is 45.4 Å². The van der Waals surface area contributed by atoms with E-state index in [0.29, 0.717) is 37.8 Å². The Morgan fingerprint density at radius 3 is 2.20 bits per heavy atom. The Morgan fingerprint density at radius 2 is 1.62 bits per heavy atom. The zero-order chi connectivity index (χ0) is 32.8. The molecule has 0 aromatic heterocycles. The number of sulfonamides is 1. The largest absolute Gasteiger partial charge is 0.482 e. The van der Waals surface area contributed by atoms with Gasteiger partial charge >= 0.3 is 12.1 Å². The van der Waals surface area contributed by atoms with Gasteiger partial charge in [-0.05, 0) is 115 Å². The molecule has 6 rings (SSSR count). The summed E-state index contributed by atoms with van der Waals surface area (Å²) >= 11 is 1.71. The van der Waals surface area contributed by atoms with Crippen LogP contribution in [-0.4, -0.2) is 58.7 Å². The SMILES string of the molecule is O=C(COc1ccc(S(=O)(=O)O)c(I)c1)OCCOC12CC3CC(C1)CC(C(=O)NS(=O)(=O)c1ccc(C(F)(F)F)cc1)(C3)C2. The molecule has 2 N–H and O–H groups in total. The van der Waals surface area contributed by atoms with Gasteiger partial charge in [-0.15, -0.1) is 0 Å². The number of benzene rings is 2. The zero-order valence-corrected chi connectivity index (χ0v) is 27.3. The maximum atomic E-state index is 13.5. The third-order valence-corrected chi connectivity index (χ3v) is 12.0. The number of carbonyl (C=O) groups is 2. The van der Waals surface area contributed by atoms with Gasteiger partial charge in [0, 0.05) is 3.57 Å². The highest BCUT2D eigenvalue weighted by Gasteiger charge is 2.61. The first kappa shape index (κ1) is 33.9. The molecule has 2 unspecified atom stereocenters. The molecule has 0 spiro atoms. The predicted molar refractivity (Wildman–Crippen MR) is 158 cm³/mol. The molecule has 2 aromatic carbocycles. The van der Waals surface area contributed by atoms with Gasteiger partial charge in [-0.3, -0.25) is 9.35 Å². The molecule has 4 aliphatic carbocycles.